The lowest BCUT2D eigenvalue weighted by molar-refractivity contribution is -0.137. The van der Waals surface area contributed by atoms with E-state index in [1.54, 1.807) is 6.92 Å². The smallest absolute Gasteiger partial charge is 0.318 e. The van der Waals surface area contributed by atoms with Gasteiger partial charge in [-0.1, -0.05) is 12.1 Å². The van der Waals surface area contributed by atoms with Crippen LogP contribution >= 0.6 is 0 Å². The van der Waals surface area contributed by atoms with Crippen molar-refractivity contribution in [3.05, 3.63) is 70.9 Å². The van der Waals surface area contributed by atoms with Gasteiger partial charge in [-0.15, -0.1) is 0 Å². The molecule has 0 radical (unpaired) electrons. The summed E-state index contributed by atoms with van der Waals surface area (Å²) in [5.74, 6) is -2.70. The molecular formula is C18H12F5N3O. The number of benzene rings is 2. The first-order chi connectivity index (χ1) is 12.7. The fourth-order valence-corrected chi connectivity index (χ4v) is 2.46. The third-order valence-corrected chi connectivity index (χ3v) is 3.85. The van der Waals surface area contributed by atoms with Gasteiger partial charge in [0.05, 0.1) is 22.5 Å². The monoisotopic (exact) mass is 381 g/mol. The normalized spacial score (nSPS) is 11.5. The van der Waals surface area contributed by atoms with Gasteiger partial charge in [0.1, 0.15) is 17.3 Å². The summed E-state index contributed by atoms with van der Waals surface area (Å²) >= 11 is 0. The van der Waals surface area contributed by atoms with Crippen molar-refractivity contribution in [1.82, 2.24) is 10.2 Å². The molecule has 140 valence electrons. The average molecular weight is 381 g/mol. The number of aryl methyl sites for hydroxylation is 1. The van der Waals surface area contributed by atoms with E-state index in [1.165, 1.54) is 12.1 Å². The molecule has 4 nitrogen and oxygen atoms in total. The maximum Gasteiger partial charge on any atom is 0.416 e. The molecule has 0 aliphatic heterocycles. The fourth-order valence-electron chi connectivity index (χ4n) is 2.46. The fraction of sp³-hybridized carbons (Fsp3) is 0.111. The number of rotatable bonds is 3. The summed E-state index contributed by atoms with van der Waals surface area (Å²) in [5, 5.41) is 9.07. The molecule has 0 bridgehead atoms. The molecule has 0 saturated heterocycles. The number of aromatic amines is 1. The molecule has 1 amide bonds. The summed E-state index contributed by atoms with van der Waals surface area (Å²) in [6.07, 6.45) is -4.48. The molecule has 0 fully saturated rings. The number of H-pyrrole nitrogens is 1. The van der Waals surface area contributed by atoms with Crippen molar-refractivity contribution in [2.75, 3.05) is 5.32 Å². The van der Waals surface area contributed by atoms with Crippen LogP contribution < -0.4 is 5.32 Å². The highest BCUT2D eigenvalue weighted by Crippen LogP contribution is 2.33. The lowest BCUT2D eigenvalue weighted by Crippen LogP contribution is -2.14. The molecule has 9 heteroatoms. The molecule has 2 N–H and O–H groups in total. The number of carbonyl (C=O) groups excluding carboxylic acids is 1. The number of halogens is 5. The van der Waals surface area contributed by atoms with Gasteiger partial charge < -0.3 is 5.32 Å². The first kappa shape index (κ1) is 18.6. The van der Waals surface area contributed by atoms with Crippen molar-refractivity contribution >= 4 is 11.6 Å². The molecule has 27 heavy (non-hydrogen) atoms. The number of anilines is 1. The molecule has 0 saturated carbocycles. The summed E-state index contributed by atoms with van der Waals surface area (Å²) in [4.78, 5) is 12.3. The SMILES string of the molecule is Cc1[nH]nc(-c2ccc(C(F)(F)F)cc2)c1NC(=O)c1ccc(F)cc1F. The molecule has 0 atom stereocenters. The van der Waals surface area contributed by atoms with E-state index < -0.39 is 29.3 Å². The molecule has 0 aliphatic carbocycles. The zero-order valence-corrected chi connectivity index (χ0v) is 13.8. The van der Waals surface area contributed by atoms with Gasteiger partial charge in [-0.05, 0) is 31.2 Å². The molecule has 2 aromatic carbocycles. The highest BCUT2D eigenvalue weighted by Gasteiger charge is 2.30. The number of aromatic nitrogens is 2. The Morgan fingerprint density at radius 1 is 1.07 bits per heavy atom. The summed E-state index contributed by atoms with van der Waals surface area (Å²) in [5.41, 5.74) is -0.0866. The van der Waals surface area contributed by atoms with E-state index in [0.717, 1.165) is 24.3 Å². The van der Waals surface area contributed by atoms with Gasteiger partial charge in [0.15, 0.2) is 0 Å². The number of carbonyl (C=O) groups is 1. The Hall–Kier alpha value is -3.23. The summed E-state index contributed by atoms with van der Waals surface area (Å²) < 4.78 is 64.8. The van der Waals surface area contributed by atoms with Crippen LogP contribution in [0.15, 0.2) is 42.5 Å². The van der Waals surface area contributed by atoms with Crippen LogP contribution in [0.3, 0.4) is 0 Å². The van der Waals surface area contributed by atoms with Crippen LogP contribution in [0, 0.1) is 18.6 Å². The van der Waals surface area contributed by atoms with Crippen molar-refractivity contribution in [2.45, 2.75) is 13.1 Å². The Kier molecular flexibility index (Phi) is 4.69. The van der Waals surface area contributed by atoms with E-state index in [2.05, 4.69) is 15.5 Å². The van der Waals surface area contributed by atoms with Crippen LogP contribution in [0.2, 0.25) is 0 Å². The minimum Gasteiger partial charge on any atom is -0.318 e. The predicted molar refractivity (Wildman–Crippen MR) is 88.1 cm³/mol. The van der Waals surface area contributed by atoms with E-state index in [1.807, 2.05) is 0 Å². The second-order valence-electron chi connectivity index (χ2n) is 5.73. The number of hydrogen-bond acceptors (Lipinski definition) is 2. The Balaban J connectivity index is 1.92. The van der Waals surface area contributed by atoms with Crippen molar-refractivity contribution in [2.24, 2.45) is 0 Å². The first-order valence-electron chi connectivity index (χ1n) is 7.66. The Morgan fingerprint density at radius 2 is 1.74 bits per heavy atom. The number of nitrogens with zero attached hydrogens (tertiary/aromatic N) is 1. The zero-order valence-electron chi connectivity index (χ0n) is 13.8. The predicted octanol–water partition coefficient (Wildman–Crippen LogP) is 4.93. The molecule has 0 unspecified atom stereocenters. The number of alkyl halides is 3. The molecule has 1 heterocycles. The van der Waals surface area contributed by atoms with E-state index in [4.69, 9.17) is 0 Å². The van der Waals surface area contributed by atoms with Crippen molar-refractivity contribution in [3.8, 4) is 11.3 Å². The van der Waals surface area contributed by atoms with E-state index >= 15 is 0 Å². The Labute approximate surface area is 150 Å². The van der Waals surface area contributed by atoms with Gasteiger partial charge in [-0.25, -0.2) is 8.78 Å². The molecule has 3 aromatic rings. The molecule has 0 aliphatic rings. The largest absolute Gasteiger partial charge is 0.416 e. The maximum atomic E-state index is 13.8. The minimum atomic E-state index is -4.48. The van der Waals surface area contributed by atoms with Crippen molar-refractivity contribution < 1.29 is 26.7 Å². The second-order valence-corrected chi connectivity index (χ2v) is 5.73. The third kappa shape index (κ3) is 3.81. The standard InChI is InChI=1S/C18H12F5N3O/c1-9-15(24-17(27)13-7-6-12(19)8-14(13)20)16(26-25-9)10-2-4-11(5-3-10)18(21,22)23/h2-8H,1H3,(H,24,27)(H,25,26). The Bertz CT molecular complexity index is 993. The summed E-state index contributed by atoms with van der Waals surface area (Å²) in [6, 6.07) is 6.73. The van der Waals surface area contributed by atoms with Gasteiger partial charge in [0.2, 0.25) is 0 Å². The maximum absolute atomic E-state index is 13.8. The van der Waals surface area contributed by atoms with Gasteiger partial charge >= 0.3 is 6.18 Å². The Morgan fingerprint density at radius 3 is 2.33 bits per heavy atom. The van der Waals surface area contributed by atoms with Crippen LogP contribution in [0.25, 0.3) is 11.3 Å². The van der Waals surface area contributed by atoms with E-state index in [-0.39, 0.29) is 16.9 Å². The lowest BCUT2D eigenvalue weighted by Gasteiger charge is -2.09. The van der Waals surface area contributed by atoms with Gasteiger partial charge in [0, 0.05) is 11.6 Å². The van der Waals surface area contributed by atoms with Crippen LogP contribution in [0.5, 0.6) is 0 Å². The number of amides is 1. The summed E-state index contributed by atoms with van der Waals surface area (Å²) in [7, 11) is 0. The zero-order chi connectivity index (χ0) is 19.8. The van der Waals surface area contributed by atoms with Crippen molar-refractivity contribution in [3.63, 3.8) is 0 Å². The van der Waals surface area contributed by atoms with Crippen LogP contribution in [0.1, 0.15) is 21.6 Å². The van der Waals surface area contributed by atoms with Gasteiger partial charge in [0.25, 0.3) is 5.91 Å². The molecular weight excluding hydrogens is 369 g/mol. The molecule has 1 aromatic heterocycles. The molecule has 3 rings (SSSR count). The quantitative estimate of drug-likeness (QED) is 0.632. The molecule has 0 spiro atoms. The van der Waals surface area contributed by atoms with Crippen molar-refractivity contribution in [1.29, 1.82) is 0 Å². The average Bonchev–Trinajstić information content (AvgIpc) is 2.95. The van der Waals surface area contributed by atoms with E-state index in [9.17, 15) is 26.7 Å². The highest BCUT2D eigenvalue weighted by molar-refractivity contribution is 6.06. The lowest BCUT2D eigenvalue weighted by atomic mass is 10.1. The van der Waals surface area contributed by atoms with E-state index in [0.29, 0.717) is 17.3 Å². The van der Waals surface area contributed by atoms with Crippen LogP contribution in [-0.2, 0) is 6.18 Å². The van der Waals surface area contributed by atoms with Gasteiger partial charge in [-0.3, -0.25) is 9.89 Å². The number of nitrogens with one attached hydrogen (secondary N) is 2. The third-order valence-electron chi connectivity index (χ3n) is 3.85. The second kappa shape index (κ2) is 6.82. The first-order valence-corrected chi connectivity index (χ1v) is 7.66. The summed E-state index contributed by atoms with van der Waals surface area (Å²) in [6.45, 7) is 1.58. The topological polar surface area (TPSA) is 57.8 Å². The minimum absolute atomic E-state index is 0.184. The van der Waals surface area contributed by atoms with Crippen LogP contribution in [0.4, 0.5) is 27.6 Å². The van der Waals surface area contributed by atoms with Crippen LogP contribution in [-0.4, -0.2) is 16.1 Å². The number of hydrogen-bond donors (Lipinski definition) is 2. The highest BCUT2D eigenvalue weighted by atomic mass is 19.4. The van der Waals surface area contributed by atoms with Gasteiger partial charge in [-0.2, -0.15) is 18.3 Å².